The van der Waals surface area contributed by atoms with E-state index in [4.69, 9.17) is 4.74 Å². The summed E-state index contributed by atoms with van der Waals surface area (Å²) in [5, 5.41) is 0. The lowest BCUT2D eigenvalue weighted by atomic mass is 10.2. The van der Waals surface area contributed by atoms with Gasteiger partial charge < -0.3 is 4.74 Å². The Morgan fingerprint density at radius 2 is 2.12 bits per heavy atom. The highest BCUT2D eigenvalue weighted by Crippen LogP contribution is 2.28. The summed E-state index contributed by atoms with van der Waals surface area (Å²) < 4.78 is 31.3. The van der Waals surface area contributed by atoms with E-state index in [2.05, 4.69) is 6.92 Å². The van der Waals surface area contributed by atoms with Gasteiger partial charge in [-0.1, -0.05) is 6.92 Å². The van der Waals surface area contributed by atoms with Gasteiger partial charge in [-0.15, -0.1) is 0 Å². The van der Waals surface area contributed by atoms with Crippen molar-refractivity contribution in [1.29, 1.82) is 0 Å². The number of hydrogen-bond donors (Lipinski definition) is 0. The highest BCUT2D eigenvalue weighted by Gasteiger charge is 2.32. The fraction of sp³-hybridized carbons (Fsp3) is 0.667. The van der Waals surface area contributed by atoms with Crippen molar-refractivity contribution >= 4 is 10.0 Å². The zero-order valence-electron chi connectivity index (χ0n) is 10.3. The van der Waals surface area contributed by atoms with Gasteiger partial charge in [0.05, 0.1) is 17.8 Å². The van der Waals surface area contributed by atoms with E-state index in [1.807, 2.05) is 0 Å². The summed E-state index contributed by atoms with van der Waals surface area (Å²) in [6.07, 6.45) is 5.63. The molecule has 0 aromatic rings. The van der Waals surface area contributed by atoms with Crippen molar-refractivity contribution in [3.8, 4) is 0 Å². The molecule has 0 spiro atoms. The van der Waals surface area contributed by atoms with Gasteiger partial charge in [0, 0.05) is 19.5 Å². The molecule has 96 valence electrons. The molecule has 0 N–H and O–H groups in total. The van der Waals surface area contributed by atoms with Gasteiger partial charge in [-0.25, -0.2) is 8.42 Å². The smallest absolute Gasteiger partial charge is 0.239 e. The van der Waals surface area contributed by atoms with Gasteiger partial charge in [0.1, 0.15) is 0 Å². The minimum Gasteiger partial charge on any atom is -0.501 e. The molecular formula is C12H19NO3S. The van der Waals surface area contributed by atoms with Crippen LogP contribution in [0.2, 0.25) is 0 Å². The van der Waals surface area contributed by atoms with Crippen molar-refractivity contribution in [2.24, 2.45) is 5.92 Å². The number of hydrogen-bond acceptors (Lipinski definition) is 3. The molecule has 5 heteroatoms. The highest BCUT2D eigenvalue weighted by atomic mass is 32.2. The Balaban J connectivity index is 2.17. The van der Waals surface area contributed by atoms with Crippen LogP contribution in [-0.2, 0) is 14.8 Å². The molecule has 2 rings (SSSR count). The zero-order chi connectivity index (χ0) is 12.5. The summed E-state index contributed by atoms with van der Waals surface area (Å²) in [4.78, 5) is 0.521. The summed E-state index contributed by atoms with van der Waals surface area (Å²) in [5.41, 5.74) is 0. The maximum Gasteiger partial charge on any atom is 0.239 e. The minimum atomic E-state index is -3.23. The number of sulfonamides is 1. The Bertz CT molecular complexity index is 450. The fourth-order valence-corrected chi connectivity index (χ4v) is 3.99. The zero-order valence-corrected chi connectivity index (χ0v) is 11.2. The van der Waals surface area contributed by atoms with E-state index in [0.29, 0.717) is 36.8 Å². The van der Waals surface area contributed by atoms with Crippen molar-refractivity contribution < 1.29 is 13.2 Å². The van der Waals surface area contributed by atoms with E-state index < -0.39 is 10.0 Å². The summed E-state index contributed by atoms with van der Waals surface area (Å²) in [6.45, 7) is 3.40. The molecule has 0 unspecified atom stereocenters. The molecule has 0 bridgehead atoms. The lowest BCUT2D eigenvalue weighted by Crippen LogP contribution is -2.30. The predicted molar refractivity (Wildman–Crippen MR) is 66.7 cm³/mol. The summed E-state index contributed by atoms with van der Waals surface area (Å²) >= 11 is 0. The van der Waals surface area contributed by atoms with Crippen LogP contribution in [0.3, 0.4) is 0 Å². The molecule has 0 aromatic carbocycles. The van der Waals surface area contributed by atoms with Crippen LogP contribution < -0.4 is 0 Å². The maximum atomic E-state index is 12.3. The standard InChI is InChI=1S/C12H19NO3S/c1-10-7-8-13(9-10)17(14,15)12-5-3-11(16-2)4-6-12/h3,5,10H,4,6-9H2,1-2H3/t10-/m0/s1. The van der Waals surface area contributed by atoms with E-state index in [1.54, 1.807) is 23.6 Å². The molecule has 0 saturated carbocycles. The van der Waals surface area contributed by atoms with Crippen LogP contribution in [0.25, 0.3) is 0 Å². The molecule has 1 heterocycles. The van der Waals surface area contributed by atoms with Crippen LogP contribution in [0.1, 0.15) is 26.2 Å². The summed E-state index contributed by atoms with van der Waals surface area (Å²) in [7, 11) is -1.62. The molecule has 1 aliphatic carbocycles. The van der Waals surface area contributed by atoms with Crippen LogP contribution >= 0.6 is 0 Å². The van der Waals surface area contributed by atoms with Crippen molar-refractivity contribution in [3.05, 3.63) is 22.8 Å². The van der Waals surface area contributed by atoms with Crippen LogP contribution in [0.4, 0.5) is 0 Å². The number of nitrogens with zero attached hydrogens (tertiary/aromatic N) is 1. The molecule has 0 amide bonds. The van der Waals surface area contributed by atoms with Crippen LogP contribution in [-0.4, -0.2) is 32.9 Å². The molecule has 1 saturated heterocycles. The molecule has 1 fully saturated rings. The molecule has 1 atom stereocenters. The number of allylic oxidation sites excluding steroid dienone is 4. The second-order valence-corrected chi connectivity index (χ2v) is 6.72. The van der Waals surface area contributed by atoms with Crippen LogP contribution in [0.5, 0.6) is 0 Å². The molecule has 2 aliphatic rings. The largest absolute Gasteiger partial charge is 0.501 e. The lowest BCUT2D eigenvalue weighted by Gasteiger charge is -2.20. The van der Waals surface area contributed by atoms with Crippen molar-refractivity contribution in [3.63, 3.8) is 0 Å². The van der Waals surface area contributed by atoms with Gasteiger partial charge in [-0.2, -0.15) is 4.31 Å². The predicted octanol–water partition coefficient (Wildman–Crippen LogP) is 1.87. The number of ether oxygens (including phenoxy) is 1. The van der Waals surface area contributed by atoms with Crippen LogP contribution in [0.15, 0.2) is 22.8 Å². The Labute approximate surface area is 103 Å². The molecular weight excluding hydrogens is 238 g/mol. The van der Waals surface area contributed by atoms with Crippen molar-refractivity contribution in [2.75, 3.05) is 20.2 Å². The normalized spacial score (nSPS) is 26.6. The van der Waals surface area contributed by atoms with Crippen LogP contribution in [0, 0.1) is 5.92 Å². The highest BCUT2D eigenvalue weighted by molar-refractivity contribution is 7.93. The van der Waals surface area contributed by atoms with Crippen molar-refractivity contribution in [2.45, 2.75) is 26.2 Å². The van der Waals surface area contributed by atoms with Crippen molar-refractivity contribution in [1.82, 2.24) is 4.31 Å². The first-order valence-corrected chi connectivity index (χ1v) is 7.42. The molecule has 17 heavy (non-hydrogen) atoms. The third-order valence-corrected chi connectivity index (χ3v) is 5.41. The Kier molecular flexibility index (Phi) is 3.58. The molecule has 4 nitrogen and oxygen atoms in total. The van der Waals surface area contributed by atoms with Gasteiger partial charge in [0.25, 0.3) is 0 Å². The first-order chi connectivity index (χ1) is 8.04. The molecule has 1 aliphatic heterocycles. The third-order valence-electron chi connectivity index (χ3n) is 3.39. The summed E-state index contributed by atoms with van der Waals surface area (Å²) in [5.74, 6) is 1.32. The van der Waals surface area contributed by atoms with E-state index in [-0.39, 0.29) is 0 Å². The first-order valence-electron chi connectivity index (χ1n) is 5.98. The minimum absolute atomic E-state index is 0.471. The van der Waals surface area contributed by atoms with E-state index in [1.165, 1.54) is 0 Å². The fourth-order valence-electron chi connectivity index (χ4n) is 2.26. The van der Waals surface area contributed by atoms with E-state index in [9.17, 15) is 8.42 Å². The molecule has 0 radical (unpaired) electrons. The van der Waals surface area contributed by atoms with E-state index >= 15 is 0 Å². The quantitative estimate of drug-likeness (QED) is 0.775. The third kappa shape index (κ3) is 2.55. The van der Waals surface area contributed by atoms with E-state index in [0.717, 1.165) is 12.2 Å². The second-order valence-electron chi connectivity index (χ2n) is 4.73. The van der Waals surface area contributed by atoms with Gasteiger partial charge in [0.2, 0.25) is 10.0 Å². The van der Waals surface area contributed by atoms with Gasteiger partial charge >= 0.3 is 0 Å². The number of rotatable bonds is 3. The first kappa shape index (κ1) is 12.6. The van der Waals surface area contributed by atoms with Gasteiger partial charge in [-0.3, -0.25) is 0 Å². The maximum absolute atomic E-state index is 12.3. The number of methoxy groups -OCH3 is 1. The Hall–Kier alpha value is -0.810. The Morgan fingerprint density at radius 1 is 1.35 bits per heavy atom. The molecule has 0 aromatic heterocycles. The summed E-state index contributed by atoms with van der Waals surface area (Å²) in [6, 6.07) is 0. The van der Waals surface area contributed by atoms with Gasteiger partial charge in [0.15, 0.2) is 0 Å². The SMILES string of the molecule is COC1=CC=C(S(=O)(=O)N2CC[C@H](C)C2)CC1. The monoisotopic (exact) mass is 257 g/mol. The average molecular weight is 257 g/mol. The second kappa shape index (κ2) is 4.82. The topological polar surface area (TPSA) is 46.6 Å². The lowest BCUT2D eigenvalue weighted by molar-refractivity contribution is 0.276. The average Bonchev–Trinajstić information content (AvgIpc) is 2.77. The van der Waals surface area contributed by atoms with Gasteiger partial charge in [-0.05, 0) is 30.9 Å². The Morgan fingerprint density at radius 3 is 2.59 bits per heavy atom.